The van der Waals surface area contributed by atoms with Gasteiger partial charge in [0.05, 0.1) is 17.6 Å². The number of amides is 1. The fourth-order valence-electron chi connectivity index (χ4n) is 3.42. The fourth-order valence-corrected chi connectivity index (χ4v) is 3.42. The molecule has 176 valence electrons. The summed E-state index contributed by atoms with van der Waals surface area (Å²) in [6.45, 7) is 7.98. The van der Waals surface area contributed by atoms with Crippen molar-refractivity contribution < 1.29 is 27.9 Å². The molecular weight excluding hydrogens is 429 g/mol. The van der Waals surface area contributed by atoms with Gasteiger partial charge in [0.2, 0.25) is 0 Å². The summed E-state index contributed by atoms with van der Waals surface area (Å²) in [5.74, 6) is -3.31. The number of rotatable bonds is 6. The zero-order valence-electron chi connectivity index (χ0n) is 18.0. The summed E-state index contributed by atoms with van der Waals surface area (Å²) in [5, 5.41) is 15.5. The molecule has 1 saturated heterocycles. The number of carboxylic acid groups (broad SMARTS) is 1. The van der Waals surface area contributed by atoms with E-state index in [9.17, 15) is 18.0 Å². The Kier molecular flexibility index (Phi) is 8.31. The molecule has 32 heavy (non-hydrogen) atoms. The van der Waals surface area contributed by atoms with Crippen LogP contribution in [0, 0.1) is 5.41 Å². The van der Waals surface area contributed by atoms with Gasteiger partial charge in [-0.2, -0.15) is 13.2 Å². The smallest absolute Gasteiger partial charge is 0.475 e. The minimum absolute atomic E-state index is 0.224. The molecule has 1 amide bonds. The number of aromatic nitrogens is 4. The first-order valence-electron chi connectivity index (χ1n) is 10.1. The number of likely N-dealkylation sites (tertiary alicyclic amines) is 1. The van der Waals surface area contributed by atoms with E-state index in [2.05, 4.69) is 34.0 Å². The lowest BCUT2D eigenvalue weighted by Crippen LogP contribution is -2.42. The molecule has 0 saturated carbocycles. The average molecular weight is 456 g/mol. The molecule has 2 aromatic rings. The van der Waals surface area contributed by atoms with Crippen LogP contribution in [-0.2, 0) is 11.2 Å². The van der Waals surface area contributed by atoms with Crippen LogP contribution in [0.5, 0.6) is 0 Å². The first-order valence-corrected chi connectivity index (χ1v) is 10.1. The predicted octanol–water partition coefficient (Wildman–Crippen LogP) is 2.45. The fraction of sp³-hybridized carbons (Fsp3) is 0.550. The molecule has 3 N–H and O–H groups in total. The highest BCUT2D eigenvalue weighted by molar-refractivity contribution is 5.91. The Morgan fingerprint density at radius 1 is 1.34 bits per heavy atom. The minimum atomic E-state index is -5.08. The van der Waals surface area contributed by atoms with Crippen molar-refractivity contribution in [3.63, 3.8) is 0 Å². The van der Waals surface area contributed by atoms with Crippen LogP contribution in [0.4, 0.5) is 13.2 Å². The van der Waals surface area contributed by atoms with Gasteiger partial charge in [-0.25, -0.2) is 9.48 Å². The number of piperidine rings is 1. The number of aliphatic carboxylic acids is 1. The SMILES string of the molecule is CCC1(C)CCCN(CCc2cn(-c3ccnc(C(N)=O)c3)nn2)C1.O=C(O)C(F)(F)F. The van der Waals surface area contributed by atoms with Crippen LogP contribution >= 0.6 is 0 Å². The third-order valence-corrected chi connectivity index (χ3v) is 5.44. The molecule has 1 fully saturated rings. The molecule has 2 aromatic heterocycles. The van der Waals surface area contributed by atoms with E-state index in [0.29, 0.717) is 5.41 Å². The molecule has 1 unspecified atom stereocenters. The number of nitrogens with two attached hydrogens (primary N) is 1. The first-order chi connectivity index (χ1) is 14.9. The largest absolute Gasteiger partial charge is 0.490 e. The van der Waals surface area contributed by atoms with Crippen LogP contribution in [-0.4, -0.2) is 67.7 Å². The maximum atomic E-state index is 11.3. The van der Waals surface area contributed by atoms with Gasteiger partial charge in [0, 0.05) is 25.7 Å². The lowest BCUT2D eigenvalue weighted by molar-refractivity contribution is -0.192. The molecule has 12 heteroatoms. The number of hydrogen-bond donors (Lipinski definition) is 2. The molecule has 1 atom stereocenters. The number of alkyl halides is 3. The van der Waals surface area contributed by atoms with Crippen LogP contribution in [0.25, 0.3) is 5.69 Å². The quantitative estimate of drug-likeness (QED) is 0.683. The van der Waals surface area contributed by atoms with Crippen molar-refractivity contribution in [1.29, 1.82) is 0 Å². The van der Waals surface area contributed by atoms with E-state index in [1.165, 1.54) is 19.3 Å². The topological polar surface area (TPSA) is 127 Å². The molecule has 3 heterocycles. The number of primary amides is 1. The second-order valence-electron chi connectivity index (χ2n) is 8.01. The minimum Gasteiger partial charge on any atom is -0.475 e. The van der Waals surface area contributed by atoms with Crippen LogP contribution < -0.4 is 5.73 Å². The highest BCUT2D eigenvalue weighted by Gasteiger charge is 2.38. The van der Waals surface area contributed by atoms with E-state index < -0.39 is 18.1 Å². The predicted molar refractivity (Wildman–Crippen MR) is 109 cm³/mol. The van der Waals surface area contributed by atoms with E-state index in [1.54, 1.807) is 23.0 Å². The van der Waals surface area contributed by atoms with Crippen LogP contribution in [0.2, 0.25) is 0 Å². The van der Waals surface area contributed by atoms with Crippen molar-refractivity contribution in [3.05, 3.63) is 35.9 Å². The van der Waals surface area contributed by atoms with Gasteiger partial charge in [0.1, 0.15) is 5.69 Å². The second-order valence-corrected chi connectivity index (χ2v) is 8.01. The Balaban J connectivity index is 0.000000451. The normalized spacial score (nSPS) is 19.2. The van der Waals surface area contributed by atoms with Gasteiger partial charge < -0.3 is 15.7 Å². The maximum absolute atomic E-state index is 11.3. The van der Waals surface area contributed by atoms with Gasteiger partial charge in [-0.05, 0) is 43.4 Å². The molecule has 9 nitrogen and oxygen atoms in total. The number of pyridine rings is 1. The van der Waals surface area contributed by atoms with Crippen molar-refractivity contribution >= 4 is 11.9 Å². The zero-order valence-corrected chi connectivity index (χ0v) is 18.0. The Morgan fingerprint density at radius 3 is 2.62 bits per heavy atom. The van der Waals surface area contributed by atoms with Crippen molar-refractivity contribution in [3.8, 4) is 5.69 Å². The van der Waals surface area contributed by atoms with E-state index in [1.807, 2.05) is 6.20 Å². The lowest BCUT2D eigenvalue weighted by Gasteiger charge is -2.40. The molecule has 0 bridgehead atoms. The average Bonchev–Trinajstić information content (AvgIpc) is 3.21. The first kappa shape index (κ1) is 25.2. The van der Waals surface area contributed by atoms with Crippen molar-refractivity contribution in [2.45, 2.75) is 45.7 Å². The number of hydrogen-bond acceptors (Lipinski definition) is 6. The summed E-state index contributed by atoms with van der Waals surface area (Å²) in [6.07, 6.45) is 3.06. The van der Waals surface area contributed by atoms with E-state index >= 15 is 0 Å². The third kappa shape index (κ3) is 7.29. The molecule has 3 rings (SSSR count). The van der Waals surface area contributed by atoms with Gasteiger partial charge in [0.25, 0.3) is 5.91 Å². The standard InChI is InChI=1S/C18H26N6O.C2HF3O2/c1-3-18(2)7-4-9-23(13-18)10-6-14-12-24(22-21-14)15-5-8-20-16(11-15)17(19)25;3-2(4,5)1(6)7/h5,8,11-12H,3-4,6-7,9-10,13H2,1-2H3,(H2,19,25);(H,6,7). The number of carbonyl (C=O) groups excluding carboxylic acids is 1. The Hall–Kier alpha value is -3.02. The van der Waals surface area contributed by atoms with Crippen LogP contribution in [0.15, 0.2) is 24.5 Å². The highest BCUT2D eigenvalue weighted by atomic mass is 19.4. The molecule has 1 aliphatic rings. The number of halogens is 3. The van der Waals surface area contributed by atoms with Crippen LogP contribution in [0.3, 0.4) is 0 Å². The highest BCUT2D eigenvalue weighted by Crippen LogP contribution is 2.32. The van der Waals surface area contributed by atoms with Crippen molar-refractivity contribution in [1.82, 2.24) is 24.9 Å². The monoisotopic (exact) mass is 456 g/mol. The molecule has 1 aliphatic heterocycles. The summed E-state index contributed by atoms with van der Waals surface area (Å²) in [4.78, 5) is 26.6. The summed E-state index contributed by atoms with van der Waals surface area (Å²) >= 11 is 0. The second kappa shape index (κ2) is 10.5. The van der Waals surface area contributed by atoms with Gasteiger partial charge in [0.15, 0.2) is 0 Å². The Bertz CT molecular complexity index is 933. The Labute approximate surface area is 183 Å². The summed E-state index contributed by atoms with van der Waals surface area (Å²) in [6, 6.07) is 3.40. The third-order valence-electron chi connectivity index (χ3n) is 5.44. The van der Waals surface area contributed by atoms with E-state index in [-0.39, 0.29) is 5.69 Å². The van der Waals surface area contributed by atoms with Gasteiger partial charge in [-0.3, -0.25) is 9.78 Å². The molecule has 0 aromatic carbocycles. The molecule has 0 aliphatic carbocycles. The number of nitrogens with zero attached hydrogens (tertiary/aromatic N) is 5. The summed E-state index contributed by atoms with van der Waals surface area (Å²) < 4.78 is 33.4. The van der Waals surface area contributed by atoms with Crippen LogP contribution in [0.1, 0.15) is 49.3 Å². The maximum Gasteiger partial charge on any atom is 0.490 e. The molecule has 0 radical (unpaired) electrons. The lowest BCUT2D eigenvalue weighted by atomic mass is 9.79. The van der Waals surface area contributed by atoms with E-state index in [4.69, 9.17) is 15.6 Å². The summed E-state index contributed by atoms with van der Waals surface area (Å²) in [7, 11) is 0. The van der Waals surface area contributed by atoms with Crippen molar-refractivity contribution in [2.24, 2.45) is 11.1 Å². The molecular formula is C20H27F3N6O3. The summed E-state index contributed by atoms with van der Waals surface area (Å²) in [5.41, 5.74) is 7.62. The number of carboxylic acids is 1. The zero-order chi connectivity index (χ0) is 23.9. The van der Waals surface area contributed by atoms with Gasteiger partial charge in [-0.15, -0.1) is 5.10 Å². The van der Waals surface area contributed by atoms with E-state index in [0.717, 1.165) is 37.4 Å². The van der Waals surface area contributed by atoms with Gasteiger partial charge >= 0.3 is 12.1 Å². The number of carbonyl (C=O) groups is 2. The van der Waals surface area contributed by atoms with Crippen molar-refractivity contribution in [2.75, 3.05) is 19.6 Å². The Morgan fingerprint density at radius 2 is 2.03 bits per heavy atom. The van der Waals surface area contributed by atoms with Gasteiger partial charge in [-0.1, -0.05) is 19.1 Å². The molecule has 0 spiro atoms.